The van der Waals surface area contributed by atoms with Crippen LogP contribution in [0, 0.1) is 0 Å². The van der Waals surface area contributed by atoms with Gasteiger partial charge in [-0.2, -0.15) is 0 Å². The van der Waals surface area contributed by atoms with Gasteiger partial charge in [0.25, 0.3) is 0 Å². The molecule has 4 nitrogen and oxygen atoms in total. The summed E-state index contributed by atoms with van der Waals surface area (Å²) < 4.78 is 1.91. The Morgan fingerprint density at radius 2 is 2.21 bits per heavy atom. The SMILES string of the molecule is CN(C)Cc1nnc2c(Cl)cccn12. The summed E-state index contributed by atoms with van der Waals surface area (Å²) in [4.78, 5) is 2.04. The van der Waals surface area contributed by atoms with Crippen LogP contribution in [-0.4, -0.2) is 33.6 Å². The van der Waals surface area contributed by atoms with E-state index in [9.17, 15) is 0 Å². The number of hydrogen-bond acceptors (Lipinski definition) is 3. The zero-order valence-corrected chi connectivity index (χ0v) is 8.86. The quantitative estimate of drug-likeness (QED) is 0.752. The van der Waals surface area contributed by atoms with Gasteiger partial charge in [0.2, 0.25) is 0 Å². The Balaban J connectivity index is 2.52. The number of halogens is 1. The van der Waals surface area contributed by atoms with Crippen LogP contribution in [0.4, 0.5) is 0 Å². The van der Waals surface area contributed by atoms with Gasteiger partial charge in [-0.3, -0.25) is 4.40 Å². The van der Waals surface area contributed by atoms with Crippen molar-refractivity contribution in [2.45, 2.75) is 6.54 Å². The van der Waals surface area contributed by atoms with Crippen LogP contribution >= 0.6 is 11.6 Å². The summed E-state index contributed by atoms with van der Waals surface area (Å²) in [5.41, 5.74) is 0.714. The molecule has 0 atom stereocenters. The monoisotopic (exact) mass is 210 g/mol. The minimum atomic E-state index is 0.630. The molecule has 0 aliphatic heterocycles. The lowest BCUT2D eigenvalue weighted by Gasteiger charge is -2.07. The molecule has 0 aliphatic carbocycles. The van der Waals surface area contributed by atoms with Gasteiger partial charge in [0.1, 0.15) is 0 Å². The number of hydrogen-bond donors (Lipinski definition) is 0. The summed E-state index contributed by atoms with van der Waals surface area (Å²) in [5.74, 6) is 0.896. The molecule has 14 heavy (non-hydrogen) atoms. The van der Waals surface area contributed by atoms with E-state index < -0.39 is 0 Å². The van der Waals surface area contributed by atoms with Gasteiger partial charge in [-0.15, -0.1) is 10.2 Å². The Kier molecular flexibility index (Phi) is 2.39. The van der Waals surface area contributed by atoms with Gasteiger partial charge in [-0.1, -0.05) is 11.6 Å². The fourth-order valence-corrected chi connectivity index (χ4v) is 1.52. The molecule has 0 spiro atoms. The Labute approximate surface area is 87.1 Å². The van der Waals surface area contributed by atoms with E-state index >= 15 is 0 Å². The van der Waals surface area contributed by atoms with Crippen LogP contribution in [0.2, 0.25) is 5.02 Å². The van der Waals surface area contributed by atoms with Gasteiger partial charge in [0, 0.05) is 6.20 Å². The Hall–Kier alpha value is -1.13. The van der Waals surface area contributed by atoms with Gasteiger partial charge in [-0.05, 0) is 26.2 Å². The molecule has 2 aromatic rings. The van der Waals surface area contributed by atoms with Crippen molar-refractivity contribution in [2.75, 3.05) is 14.1 Å². The smallest absolute Gasteiger partial charge is 0.179 e. The highest BCUT2D eigenvalue weighted by Gasteiger charge is 2.07. The molecular weight excluding hydrogens is 200 g/mol. The van der Waals surface area contributed by atoms with E-state index in [1.165, 1.54) is 0 Å². The van der Waals surface area contributed by atoms with Gasteiger partial charge < -0.3 is 4.90 Å². The molecule has 2 aromatic heterocycles. The highest BCUT2D eigenvalue weighted by atomic mass is 35.5. The largest absolute Gasteiger partial charge is 0.302 e. The van der Waals surface area contributed by atoms with Crippen molar-refractivity contribution in [3.05, 3.63) is 29.2 Å². The maximum atomic E-state index is 5.97. The van der Waals surface area contributed by atoms with E-state index in [2.05, 4.69) is 10.2 Å². The van der Waals surface area contributed by atoms with Crippen molar-refractivity contribution >= 4 is 17.2 Å². The average molecular weight is 211 g/mol. The summed E-state index contributed by atoms with van der Waals surface area (Å²) in [6.45, 7) is 0.751. The molecule has 0 amide bonds. The molecule has 0 saturated heterocycles. The molecule has 0 radical (unpaired) electrons. The lowest BCUT2D eigenvalue weighted by molar-refractivity contribution is 0.388. The molecule has 0 bridgehead atoms. The molecule has 2 rings (SSSR count). The van der Waals surface area contributed by atoms with E-state index in [4.69, 9.17) is 11.6 Å². The summed E-state index contributed by atoms with van der Waals surface area (Å²) >= 11 is 5.97. The molecule has 0 N–H and O–H groups in total. The predicted octanol–water partition coefficient (Wildman–Crippen LogP) is 1.44. The van der Waals surface area contributed by atoms with Crippen LogP contribution in [0.1, 0.15) is 5.82 Å². The maximum absolute atomic E-state index is 5.97. The predicted molar refractivity (Wildman–Crippen MR) is 55.4 cm³/mol. The topological polar surface area (TPSA) is 33.4 Å². The first-order chi connectivity index (χ1) is 6.68. The van der Waals surface area contributed by atoms with Crippen molar-refractivity contribution in [2.24, 2.45) is 0 Å². The summed E-state index contributed by atoms with van der Waals surface area (Å²) in [6, 6.07) is 3.70. The minimum Gasteiger partial charge on any atom is -0.302 e. The summed E-state index contributed by atoms with van der Waals surface area (Å²) in [6.07, 6.45) is 1.92. The van der Waals surface area contributed by atoms with Gasteiger partial charge >= 0.3 is 0 Å². The third-order valence-electron chi connectivity index (χ3n) is 1.92. The average Bonchev–Trinajstić information content (AvgIpc) is 2.49. The molecule has 0 unspecified atom stereocenters. The van der Waals surface area contributed by atoms with E-state index in [0.717, 1.165) is 12.4 Å². The molecule has 0 fully saturated rings. The number of aromatic nitrogens is 3. The Morgan fingerprint density at radius 3 is 2.93 bits per heavy atom. The fourth-order valence-electron chi connectivity index (χ4n) is 1.32. The first-order valence-electron chi connectivity index (χ1n) is 4.31. The summed E-state index contributed by atoms with van der Waals surface area (Å²) in [5, 5.41) is 8.74. The molecule has 74 valence electrons. The Bertz CT molecular complexity index is 449. The second-order valence-corrected chi connectivity index (χ2v) is 3.81. The highest BCUT2D eigenvalue weighted by molar-refractivity contribution is 6.33. The van der Waals surface area contributed by atoms with Crippen molar-refractivity contribution in [1.82, 2.24) is 19.5 Å². The molecule has 0 aliphatic rings. The zero-order valence-electron chi connectivity index (χ0n) is 8.11. The van der Waals surface area contributed by atoms with Crippen LogP contribution in [-0.2, 0) is 6.54 Å². The van der Waals surface area contributed by atoms with Crippen LogP contribution in [0.3, 0.4) is 0 Å². The van der Waals surface area contributed by atoms with Crippen LogP contribution in [0.5, 0.6) is 0 Å². The van der Waals surface area contributed by atoms with E-state index in [1.807, 2.05) is 41.7 Å². The Morgan fingerprint density at radius 1 is 1.43 bits per heavy atom. The first kappa shape index (κ1) is 9.43. The second-order valence-electron chi connectivity index (χ2n) is 3.40. The minimum absolute atomic E-state index is 0.630. The van der Waals surface area contributed by atoms with Crippen molar-refractivity contribution < 1.29 is 0 Å². The molecule has 0 saturated carbocycles. The van der Waals surface area contributed by atoms with Crippen LogP contribution < -0.4 is 0 Å². The maximum Gasteiger partial charge on any atom is 0.179 e. The molecular formula is C9H11ClN4. The van der Waals surface area contributed by atoms with Gasteiger partial charge in [0.15, 0.2) is 11.5 Å². The molecule has 5 heteroatoms. The molecule has 2 heterocycles. The fraction of sp³-hybridized carbons (Fsp3) is 0.333. The number of pyridine rings is 1. The van der Waals surface area contributed by atoms with Crippen LogP contribution in [0.25, 0.3) is 5.65 Å². The standard InChI is InChI=1S/C9H11ClN4/c1-13(2)6-8-11-12-9-7(10)4-3-5-14(8)9/h3-5H,6H2,1-2H3. The number of fused-ring (bicyclic) bond motifs is 1. The normalized spacial score (nSPS) is 11.4. The number of nitrogens with zero attached hydrogens (tertiary/aromatic N) is 4. The van der Waals surface area contributed by atoms with E-state index in [-0.39, 0.29) is 0 Å². The van der Waals surface area contributed by atoms with Gasteiger partial charge in [0.05, 0.1) is 11.6 Å². The summed E-state index contributed by atoms with van der Waals surface area (Å²) in [7, 11) is 3.98. The zero-order chi connectivity index (χ0) is 10.1. The van der Waals surface area contributed by atoms with E-state index in [0.29, 0.717) is 10.7 Å². The van der Waals surface area contributed by atoms with E-state index in [1.54, 1.807) is 0 Å². The van der Waals surface area contributed by atoms with Crippen molar-refractivity contribution in [3.8, 4) is 0 Å². The first-order valence-corrected chi connectivity index (χ1v) is 4.69. The highest BCUT2D eigenvalue weighted by Crippen LogP contribution is 2.15. The number of rotatable bonds is 2. The van der Waals surface area contributed by atoms with Crippen molar-refractivity contribution in [3.63, 3.8) is 0 Å². The van der Waals surface area contributed by atoms with Crippen LogP contribution in [0.15, 0.2) is 18.3 Å². The second kappa shape index (κ2) is 3.55. The molecule has 0 aromatic carbocycles. The third-order valence-corrected chi connectivity index (χ3v) is 2.21. The lowest BCUT2D eigenvalue weighted by Crippen LogP contribution is -2.13. The third kappa shape index (κ3) is 1.58. The van der Waals surface area contributed by atoms with Gasteiger partial charge in [-0.25, -0.2) is 0 Å². The lowest BCUT2D eigenvalue weighted by atomic mass is 10.4. The van der Waals surface area contributed by atoms with Crippen molar-refractivity contribution in [1.29, 1.82) is 0 Å².